The molecular weight excluding hydrogens is 286 g/mol. The molecule has 2 aromatic rings. The number of hydrogen-bond acceptors (Lipinski definition) is 2. The molecule has 0 fully saturated rings. The van der Waals surface area contributed by atoms with Crippen molar-refractivity contribution in [2.45, 2.75) is 32.7 Å². The van der Waals surface area contributed by atoms with Gasteiger partial charge in [0.15, 0.2) is 0 Å². The highest BCUT2D eigenvalue weighted by Gasteiger charge is 2.31. The smallest absolute Gasteiger partial charge is 0.258 e. The molecule has 0 bridgehead atoms. The van der Waals surface area contributed by atoms with Gasteiger partial charge in [-0.2, -0.15) is 0 Å². The fraction of sp³-hybridized carbons (Fsp3) is 0.350. The Hall–Kier alpha value is -2.29. The Morgan fingerprint density at radius 2 is 2.04 bits per heavy atom. The third-order valence-electron chi connectivity index (χ3n) is 4.64. The monoisotopic (exact) mass is 309 g/mol. The third-order valence-corrected chi connectivity index (χ3v) is 4.64. The molecule has 23 heavy (non-hydrogen) atoms. The number of carbonyl (C=O) groups is 1. The van der Waals surface area contributed by atoms with E-state index in [9.17, 15) is 4.79 Å². The first kappa shape index (κ1) is 15.6. The number of aryl methyl sites for hydroxylation is 1. The summed E-state index contributed by atoms with van der Waals surface area (Å²) in [4.78, 5) is 15.1. The molecule has 0 aliphatic carbocycles. The van der Waals surface area contributed by atoms with Crippen LogP contribution in [0, 0.1) is 6.92 Å². The first-order valence-corrected chi connectivity index (χ1v) is 8.19. The molecule has 3 heteroatoms. The summed E-state index contributed by atoms with van der Waals surface area (Å²) >= 11 is 0. The summed E-state index contributed by atoms with van der Waals surface area (Å²) in [7, 11) is 1.61. The zero-order valence-electron chi connectivity index (χ0n) is 14.0. The number of rotatable bonds is 3. The number of fused-ring (bicyclic) bond motifs is 1. The first-order chi connectivity index (χ1) is 11.2. The van der Waals surface area contributed by atoms with Crippen molar-refractivity contribution in [2.24, 2.45) is 0 Å². The van der Waals surface area contributed by atoms with Crippen molar-refractivity contribution in [3.63, 3.8) is 0 Å². The lowest BCUT2D eigenvalue weighted by Crippen LogP contribution is -2.40. The van der Waals surface area contributed by atoms with Gasteiger partial charge >= 0.3 is 0 Å². The van der Waals surface area contributed by atoms with Gasteiger partial charge in [0, 0.05) is 6.54 Å². The number of methoxy groups -OCH3 is 1. The van der Waals surface area contributed by atoms with Crippen LogP contribution in [0.4, 0.5) is 0 Å². The van der Waals surface area contributed by atoms with Gasteiger partial charge in [0.05, 0.1) is 18.7 Å². The molecule has 3 nitrogen and oxygen atoms in total. The number of para-hydroxylation sites is 1. The molecule has 0 N–H and O–H groups in total. The van der Waals surface area contributed by atoms with Crippen LogP contribution in [0.5, 0.6) is 5.75 Å². The molecule has 1 atom stereocenters. The summed E-state index contributed by atoms with van der Waals surface area (Å²) in [6.07, 6.45) is 1.82. The quantitative estimate of drug-likeness (QED) is 0.852. The van der Waals surface area contributed by atoms with Crippen LogP contribution in [-0.2, 0) is 6.42 Å². The number of benzene rings is 2. The Labute approximate surface area is 137 Å². The van der Waals surface area contributed by atoms with Crippen LogP contribution >= 0.6 is 0 Å². The summed E-state index contributed by atoms with van der Waals surface area (Å²) < 4.78 is 5.36. The van der Waals surface area contributed by atoms with Gasteiger partial charge in [-0.1, -0.05) is 42.8 Å². The highest BCUT2D eigenvalue weighted by atomic mass is 16.5. The molecule has 1 aliphatic rings. The van der Waals surface area contributed by atoms with Crippen molar-refractivity contribution >= 4 is 5.91 Å². The molecule has 0 saturated carbocycles. The van der Waals surface area contributed by atoms with Crippen molar-refractivity contribution < 1.29 is 9.53 Å². The van der Waals surface area contributed by atoms with Gasteiger partial charge in [-0.3, -0.25) is 4.79 Å². The summed E-state index contributed by atoms with van der Waals surface area (Å²) in [6, 6.07) is 14.2. The van der Waals surface area contributed by atoms with Gasteiger partial charge in [-0.15, -0.1) is 0 Å². The molecular formula is C20H23NO2. The van der Waals surface area contributed by atoms with Crippen molar-refractivity contribution in [2.75, 3.05) is 13.7 Å². The molecule has 1 aliphatic heterocycles. The summed E-state index contributed by atoms with van der Waals surface area (Å²) in [5, 5.41) is 0. The number of nitrogens with zero attached hydrogens (tertiary/aromatic N) is 1. The Morgan fingerprint density at radius 3 is 2.78 bits per heavy atom. The average Bonchev–Trinajstić information content (AvgIpc) is 2.59. The standard InChI is InChI=1S/C20H23NO2/c1-4-18-16-10-9-14(2)13-15(16)11-12-21(18)20(22)17-7-5-6-8-19(17)23-3/h5-10,13,18H,4,11-12H2,1-3H3. The van der Waals surface area contributed by atoms with E-state index in [4.69, 9.17) is 4.74 Å². The van der Waals surface area contributed by atoms with Gasteiger partial charge in [0.2, 0.25) is 0 Å². The third kappa shape index (κ3) is 2.83. The van der Waals surface area contributed by atoms with Gasteiger partial charge in [0.1, 0.15) is 5.75 Å². The SMILES string of the molecule is CCC1c2ccc(C)cc2CCN1C(=O)c1ccccc1OC. The summed E-state index contributed by atoms with van der Waals surface area (Å²) in [5.74, 6) is 0.697. The fourth-order valence-corrected chi connectivity index (χ4v) is 3.50. The molecule has 0 spiro atoms. The van der Waals surface area contributed by atoms with E-state index in [1.54, 1.807) is 7.11 Å². The predicted molar refractivity (Wildman–Crippen MR) is 91.9 cm³/mol. The fourth-order valence-electron chi connectivity index (χ4n) is 3.50. The van der Waals surface area contributed by atoms with Crippen molar-refractivity contribution in [3.05, 3.63) is 64.7 Å². The van der Waals surface area contributed by atoms with E-state index in [1.165, 1.54) is 16.7 Å². The maximum atomic E-state index is 13.1. The lowest BCUT2D eigenvalue weighted by Gasteiger charge is -2.37. The largest absolute Gasteiger partial charge is 0.496 e. The second-order valence-corrected chi connectivity index (χ2v) is 6.08. The summed E-state index contributed by atoms with van der Waals surface area (Å²) in [6.45, 7) is 5.02. The number of amides is 1. The van der Waals surface area contributed by atoms with Crippen molar-refractivity contribution in [1.29, 1.82) is 0 Å². The van der Waals surface area contributed by atoms with E-state index < -0.39 is 0 Å². The minimum absolute atomic E-state index is 0.0560. The second kappa shape index (κ2) is 6.45. The molecule has 3 rings (SSSR count). The van der Waals surface area contributed by atoms with Crippen molar-refractivity contribution in [1.82, 2.24) is 4.90 Å². The molecule has 1 amide bonds. The molecule has 2 aromatic carbocycles. The molecule has 1 unspecified atom stereocenters. The van der Waals surface area contributed by atoms with Gasteiger partial charge in [-0.05, 0) is 43.0 Å². The van der Waals surface area contributed by atoms with Crippen LogP contribution < -0.4 is 4.74 Å². The zero-order valence-corrected chi connectivity index (χ0v) is 14.0. The molecule has 0 radical (unpaired) electrons. The van der Waals surface area contributed by atoms with Gasteiger partial charge in [0.25, 0.3) is 5.91 Å². The Kier molecular flexibility index (Phi) is 4.37. The van der Waals surface area contributed by atoms with E-state index in [2.05, 4.69) is 32.0 Å². The van der Waals surface area contributed by atoms with Gasteiger partial charge in [-0.25, -0.2) is 0 Å². The van der Waals surface area contributed by atoms with Crippen LogP contribution in [-0.4, -0.2) is 24.5 Å². The van der Waals surface area contributed by atoms with Crippen molar-refractivity contribution in [3.8, 4) is 5.75 Å². The normalized spacial score (nSPS) is 16.8. The van der Waals surface area contributed by atoms with E-state index >= 15 is 0 Å². The van der Waals surface area contributed by atoms with E-state index in [0.29, 0.717) is 11.3 Å². The zero-order chi connectivity index (χ0) is 16.4. The number of carbonyl (C=O) groups excluding carboxylic acids is 1. The highest BCUT2D eigenvalue weighted by Crippen LogP contribution is 2.34. The van der Waals surface area contributed by atoms with E-state index in [-0.39, 0.29) is 11.9 Å². The van der Waals surface area contributed by atoms with Crippen LogP contribution in [0.15, 0.2) is 42.5 Å². The topological polar surface area (TPSA) is 29.5 Å². The van der Waals surface area contributed by atoms with Crippen LogP contribution in [0.3, 0.4) is 0 Å². The maximum Gasteiger partial charge on any atom is 0.258 e. The number of ether oxygens (including phenoxy) is 1. The molecule has 0 saturated heterocycles. The predicted octanol–water partition coefficient (Wildman–Crippen LogP) is 4.15. The highest BCUT2D eigenvalue weighted by molar-refractivity contribution is 5.97. The lowest BCUT2D eigenvalue weighted by molar-refractivity contribution is 0.0652. The molecule has 120 valence electrons. The van der Waals surface area contributed by atoms with Crippen LogP contribution in [0.2, 0.25) is 0 Å². The first-order valence-electron chi connectivity index (χ1n) is 8.19. The number of hydrogen-bond donors (Lipinski definition) is 0. The molecule has 0 aromatic heterocycles. The van der Waals surface area contributed by atoms with Gasteiger partial charge < -0.3 is 9.64 Å². The summed E-state index contributed by atoms with van der Waals surface area (Å²) in [5.41, 5.74) is 4.58. The average molecular weight is 309 g/mol. The minimum Gasteiger partial charge on any atom is -0.496 e. The van der Waals surface area contributed by atoms with Crippen LogP contribution in [0.25, 0.3) is 0 Å². The van der Waals surface area contributed by atoms with E-state index in [0.717, 1.165) is 19.4 Å². The Bertz CT molecular complexity index is 723. The molecule has 1 heterocycles. The van der Waals surface area contributed by atoms with E-state index in [1.807, 2.05) is 29.2 Å². The Morgan fingerprint density at radius 1 is 1.26 bits per heavy atom. The Balaban J connectivity index is 1.97. The van der Waals surface area contributed by atoms with Crippen LogP contribution in [0.1, 0.15) is 46.4 Å². The lowest BCUT2D eigenvalue weighted by atomic mass is 9.89. The maximum absolute atomic E-state index is 13.1. The second-order valence-electron chi connectivity index (χ2n) is 6.08. The minimum atomic E-state index is 0.0560.